The molecule has 1 N–H and O–H groups in total. The van der Waals surface area contributed by atoms with Crippen LogP contribution in [0, 0.1) is 13.8 Å². The summed E-state index contributed by atoms with van der Waals surface area (Å²) < 4.78 is 5.37. The summed E-state index contributed by atoms with van der Waals surface area (Å²) in [5.41, 5.74) is 3.24. The van der Waals surface area contributed by atoms with Crippen LogP contribution in [0.5, 0.6) is 0 Å². The van der Waals surface area contributed by atoms with Crippen LogP contribution >= 0.6 is 11.6 Å². The second kappa shape index (κ2) is 6.84. The van der Waals surface area contributed by atoms with Crippen LogP contribution < -0.4 is 5.32 Å². The van der Waals surface area contributed by atoms with Crippen LogP contribution in [0.3, 0.4) is 0 Å². The second-order valence-corrected chi connectivity index (χ2v) is 5.86. The van der Waals surface area contributed by atoms with Crippen molar-refractivity contribution in [2.24, 2.45) is 0 Å². The van der Waals surface area contributed by atoms with Gasteiger partial charge in [-0.25, -0.2) is 9.97 Å². The van der Waals surface area contributed by atoms with E-state index in [-0.39, 0.29) is 0 Å². The monoisotopic (exact) mass is 327 g/mol. The third-order valence-corrected chi connectivity index (χ3v) is 3.88. The van der Waals surface area contributed by atoms with Gasteiger partial charge in [0.1, 0.15) is 17.4 Å². The van der Waals surface area contributed by atoms with E-state index in [0.717, 1.165) is 40.1 Å². The normalized spacial score (nSPS) is 10.7. The highest BCUT2D eigenvalue weighted by atomic mass is 35.5. The summed E-state index contributed by atoms with van der Waals surface area (Å²) in [7, 11) is 0. The maximum Gasteiger partial charge on any atom is 0.133 e. The molecule has 0 radical (unpaired) electrons. The Bertz CT molecular complexity index is 783. The molecule has 23 heavy (non-hydrogen) atoms. The smallest absolute Gasteiger partial charge is 0.133 e. The Balaban J connectivity index is 1.86. The van der Waals surface area contributed by atoms with Gasteiger partial charge in [-0.15, -0.1) is 0 Å². The molecule has 0 aliphatic carbocycles. The Kier molecular flexibility index (Phi) is 4.63. The zero-order chi connectivity index (χ0) is 16.2. The van der Waals surface area contributed by atoms with Crippen LogP contribution in [-0.2, 0) is 13.0 Å². The van der Waals surface area contributed by atoms with E-state index in [1.165, 1.54) is 5.56 Å². The Morgan fingerprint density at radius 3 is 2.57 bits per heavy atom. The van der Waals surface area contributed by atoms with Crippen LogP contribution in [0.1, 0.15) is 28.4 Å². The summed E-state index contributed by atoms with van der Waals surface area (Å²) in [6.07, 6.45) is 2.42. The fraction of sp³-hybridized carbons (Fsp3) is 0.222. The minimum atomic E-state index is 0.594. The predicted octanol–water partition coefficient (Wildman–Crippen LogP) is 4.54. The van der Waals surface area contributed by atoms with Gasteiger partial charge in [0.2, 0.25) is 0 Å². The summed E-state index contributed by atoms with van der Waals surface area (Å²) in [5.74, 6) is 2.47. The summed E-state index contributed by atoms with van der Waals surface area (Å²) in [6, 6.07) is 11.7. The van der Waals surface area contributed by atoms with Gasteiger partial charge in [0, 0.05) is 22.7 Å². The molecule has 0 aliphatic rings. The zero-order valence-electron chi connectivity index (χ0n) is 13.1. The van der Waals surface area contributed by atoms with E-state index in [1.807, 2.05) is 50.2 Å². The molecule has 0 bridgehead atoms. The SMILES string of the molecule is Cc1nc(C)c(Cc2ccc(Cl)cc2)c(NCc2ccco2)n1. The van der Waals surface area contributed by atoms with Crippen LogP contribution in [0.25, 0.3) is 0 Å². The third kappa shape index (κ3) is 3.90. The maximum absolute atomic E-state index is 5.96. The lowest BCUT2D eigenvalue weighted by atomic mass is 10.0. The van der Waals surface area contributed by atoms with Gasteiger partial charge >= 0.3 is 0 Å². The molecule has 2 aromatic heterocycles. The fourth-order valence-corrected chi connectivity index (χ4v) is 2.61. The fourth-order valence-electron chi connectivity index (χ4n) is 2.48. The van der Waals surface area contributed by atoms with E-state index in [9.17, 15) is 0 Å². The van der Waals surface area contributed by atoms with Crippen molar-refractivity contribution >= 4 is 17.4 Å². The molecular weight excluding hydrogens is 310 g/mol. The number of hydrogen-bond donors (Lipinski definition) is 1. The molecule has 1 aromatic carbocycles. The van der Waals surface area contributed by atoms with Crippen LogP contribution in [0.15, 0.2) is 47.1 Å². The Labute approximate surface area is 140 Å². The van der Waals surface area contributed by atoms with Crippen molar-refractivity contribution in [3.8, 4) is 0 Å². The molecule has 0 fully saturated rings. The molecule has 0 unspecified atom stereocenters. The van der Waals surface area contributed by atoms with E-state index < -0.39 is 0 Å². The lowest BCUT2D eigenvalue weighted by Gasteiger charge is -2.14. The Hall–Kier alpha value is -2.33. The summed E-state index contributed by atoms with van der Waals surface area (Å²) in [4.78, 5) is 9.05. The van der Waals surface area contributed by atoms with Gasteiger partial charge in [0.25, 0.3) is 0 Å². The lowest BCUT2D eigenvalue weighted by molar-refractivity contribution is 0.517. The van der Waals surface area contributed by atoms with Crippen molar-refractivity contribution in [3.63, 3.8) is 0 Å². The van der Waals surface area contributed by atoms with Gasteiger partial charge in [-0.05, 0) is 43.7 Å². The standard InChI is InChI=1S/C18H18ClN3O/c1-12-17(10-14-5-7-15(19)8-6-14)18(22-13(2)21-12)20-11-16-4-3-9-23-16/h3-9H,10-11H2,1-2H3,(H,20,21,22). The van der Waals surface area contributed by atoms with Gasteiger partial charge in [-0.2, -0.15) is 0 Å². The molecule has 2 heterocycles. The van der Waals surface area contributed by atoms with Gasteiger partial charge in [-0.1, -0.05) is 23.7 Å². The number of benzene rings is 1. The average Bonchev–Trinajstić information content (AvgIpc) is 3.03. The first-order valence-corrected chi connectivity index (χ1v) is 7.84. The van der Waals surface area contributed by atoms with Crippen LogP contribution in [0.2, 0.25) is 5.02 Å². The molecule has 0 spiro atoms. The molecule has 118 valence electrons. The lowest BCUT2D eigenvalue weighted by Crippen LogP contribution is -2.09. The molecule has 3 rings (SSSR count). The molecule has 0 amide bonds. The molecule has 4 nitrogen and oxygen atoms in total. The average molecular weight is 328 g/mol. The third-order valence-electron chi connectivity index (χ3n) is 3.63. The number of aryl methyl sites for hydroxylation is 2. The minimum absolute atomic E-state index is 0.594. The second-order valence-electron chi connectivity index (χ2n) is 5.42. The number of nitrogens with one attached hydrogen (secondary N) is 1. The number of aromatic nitrogens is 2. The molecular formula is C18H18ClN3O. The Morgan fingerprint density at radius 1 is 1.09 bits per heavy atom. The highest BCUT2D eigenvalue weighted by molar-refractivity contribution is 6.30. The first kappa shape index (κ1) is 15.6. The quantitative estimate of drug-likeness (QED) is 0.747. The number of rotatable bonds is 5. The van der Waals surface area contributed by atoms with E-state index in [4.69, 9.17) is 16.0 Å². The summed E-state index contributed by atoms with van der Waals surface area (Å²) in [6.45, 7) is 4.51. The minimum Gasteiger partial charge on any atom is -0.467 e. The van der Waals surface area contributed by atoms with Crippen molar-refractivity contribution in [1.82, 2.24) is 9.97 Å². The number of hydrogen-bond acceptors (Lipinski definition) is 4. The first-order valence-electron chi connectivity index (χ1n) is 7.46. The molecule has 3 aromatic rings. The number of furan rings is 1. The van der Waals surface area contributed by atoms with E-state index >= 15 is 0 Å². The topological polar surface area (TPSA) is 51.0 Å². The Morgan fingerprint density at radius 2 is 1.87 bits per heavy atom. The van der Waals surface area contributed by atoms with Gasteiger partial charge in [0.05, 0.1) is 12.8 Å². The zero-order valence-corrected chi connectivity index (χ0v) is 13.9. The van der Waals surface area contributed by atoms with Crippen molar-refractivity contribution in [2.75, 3.05) is 5.32 Å². The van der Waals surface area contributed by atoms with Crippen LogP contribution in [-0.4, -0.2) is 9.97 Å². The van der Waals surface area contributed by atoms with Crippen molar-refractivity contribution < 1.29 is 4.42 Å². The number of anilines is 1. The predicted molar refractivity (Wildman–Crippen MR) is 91.8 cm³/mol. The van der Waals surface area contributed by atoms with Gasteiger partial charge in [0.15, 0.2) is 0 Å². The first-order chi connectivity index (χ1) is 11.1. The molecule has 5 heteroatoms. The number of halogens is 1. The molecule has 0 saturated heterocycles. The van der Waals surface area contributed by atoms with Crippen molar-refractivity contribution in [1.29, 1.82) is 0 Å². The summed E-state index contributed by atoms with van der Waals surface area (Å²) >= 11 is 5.96. The molecule has 0 saturated carbocycles. The summed E-state index contributed by atoms with van der Waals surface area (Å²) in [5, 5.41) is 4.10. The maximum atomic E-state index is 5.96. The van der Waals surface area contributed by atoms with E-state index in [2.05, 4.69) is 15.3 Å². The van der Waals surface area contributed by atoms with Crippen LogP contribution in [0.4, 0.5) is 5.82 Å². The number of nitrogens with zero attached hydrogens (tertiary/aromatic N) is 2. The van der Waals surface area contributed by atoms with E-state index in [1.54, 1.807) is 6.26 Å². The largest absolute Gasteiger partial charge is 0.467 e. The van der Waals surface area contributed by atoms with Crippen molar-refractivity contribution in [2.45, 2.75) is 26.8 Å². The van der Waals surface area contributed by atoms with Crippen molar-refractivity contribution in [3.05, 3.63) is 76.1 Å². The highest BCUT2D eigenvalue weighted by Gasteiger charge is 2.11. The van der Waals surface area contributed by atoms with Gasteiger partial charge in [-0.3, -0.25) is 0 Å². The molecule has 0 aliphatic heterocycles. The van der Waals surface area contributed by atoms with Gasteiger partial charge < -0.3 is 9.73 Å². The highest BCUT2D eigenvalue weighted by Crippen LogP contribution is 2.22. The molecule has 0 atom stereocenters. The van der Waals surface area contributed by atoms with E-state index in [0.29, 0.717) is 6.54 Å².